The number of nitrogens with zero attached hydrogens (tertiary/aromatic N) is 3. The minimum atomic E-state index is -0.626. The van der Waals surface area contributed by atoms with Crippen molar-refractivity contribution in [3.8, 4) is 0 Å². The van der Waals surface area contributed by atoms with Crippen molar-refractivity contribution >= 4 is 11.7 Å². The normalized spacial score (nSPS) is 14.5. The van der Waals surface area contributed by atoms with E-state index in [0.717, 1.165) is 25.1 Å². The zero-order valence-corrected chi connectivity index (χ0v) is 17.4. The Bertz CT molecular complexity index is 1010. The van der Waals surface area contributed by atoms with E-state index in [-0.39, 0.29) is 12.5 Å². The quantitative estimate of drug-likeness (QED) is 0.521. The first-order valence-electron chi connectivity index (χ1n) is 10.5. The molecular weight excluding hydrogens is 390 g/mol. The summed E-state index contributed by atoms with van der Waals surface area (Å²) in [6.07, 6.45) is 5.47. The number of carbonyl (C=O) groups is 1. The van der Waals surface area contributed by atoms with Crippen molar-refractivity contribution in [2.75, 3.05) is 25.0 Å². The molecule has 31 heavy (non-hydrogen) atoms. The molecule has 3 heterocycles. The predicted octanol–water partition coefficient (Wildman–Crippen LogP) is 2.24. The highest BCUT2D eigenvalue weighted by molar-refractivity contribution is 5.94. The highest BCUT2D eigenvalue weighted by atomic mass is 16.3. The fraction of sp³-hybridized carbons (Fsp3) is 0.292. The number of hydrogen-bond donors (Lipinski definition) is 3. The number of aromatic nitrogens is 2. The van der Waals surface area contributed by atoms with Gasteiger partial charge in [-0.05, 0) is 41.3 Å². The summed E-state index contributed by atoms with van der Waals surface area (Å²) in [4.78, 5) is 23.1. The molecule has 1 aliphatic heterocycles. The first-order valence-corrected chi connectivity index (χ1v) is 10.5. The van der Waals surface area contributed by atoms with Crippen molar-refractivity contribution in [3.05, 3.63) is 89.4 Å². The lowest BCUT2D eigenvalue weighted by Gasteiger charge is -2.30. The second-order valence-electron chi connectivity index (χ2n) is 7.76. The van der Waals surface area contributed by atoms with Crippen LogP contribution in [0.1, 0.15) is 27.0 Å². The SMILES string of the molecule is O=C(NCC(O)CN1CCc2ccccc2C1)c1ccnc(NCc2cccnc2)c1. The van der Waals surface area contributed by atoms with E-state index < -0.39 is 6.10 Å². The molecule has 0 saturated heterocycles. The Morgan fingerprint density at radius 3 is 2.84 bits per heavy atom. The largest absolute Gasteiger partial charge is 0.390 e. The smallest absolute Gasteiger partial charge is 0.251 e. The van der Waals surface area contributed by atoms with Crippen molar-refractivity contribution in [2.24, 2.45) is 0 Å². The number of hydrogen-bond acceptors (Lipinski definition) is 6. The van der Waals surface area contributed by atoms with Gasteiger partial charge in [0.25, 0.3) is 5.91 Å². The average Bonchev–Trinajstić information content (AvgIpc) is 2.82. The van der Waals surface area contributed by atoms with Crippen LogP contribution in [0.3, 0.4) is 0 Å². The van der Waals surface area contributed by atoms with E-state index in [0.29, 0.717) is 24.5 Å². The molecule has 0 saturated carbocycles. The molecule has 0 spiro atoms. The van der Waals surface area contributed by atoms with Gasteiger partial charge in [0.05, 0.1) is 6.10 Å². The van der Waals surface area contributed by atoms with Gasteiger partial charge in [0.15, 0.2) is 0 Å². The van der Waals surface area contributed by atoms with Gasteiger partial charge in [-0.3, -0.25) is 14.7 Å². The molecule has 0 bridgehead atoms. The van der Waals surface area contributed by atoms with Crippen LogP contribution < -0.4 is 10.6 Å². The van der Waals surface area contributed by atoms with Crippen molar-refractivity contribution in [1.29, 1.82) is 0 Å². The lowest BCUT2D eigenvalue weighted by atomic mass is 10.00. The molecule has 1 aromatic carbocycles. The molecule has 0 fully saturated rings. The molecule has 160 valence electrons. The van der Waals surface area contributed by atoms with Gasteiger partial charge in [-0.2, -0.15) is 0 Å². The maximum absolute atomic E-state index is 12.5. The molecule has 4 rings (SSSR count). The number of aliphatic hydroxyl groups is 1. The Balaban J connectivity index is 1.25. The molecule has 7 nitrogen and oxygen atoms in total. The second-order valence-corrected chi connectivity index (χ2v) is 7.76. The maximum Gasteiger partial charge on any atom is 0.251 e. The van der Waals surface area contributed by atoms with Crippen molar-refractivity contribution < 1.29 is 9.90 Å². The van der Waals surface area contributed by atoms with Crippen LogP contribution in [0.15, 0.2) is 67.1 Å². The number of anilines is 1. The van der Waals surface area contributed by atoms with Crippen molar-refractivity contribution in [1.82, 2.24) is 20.2 Å². The minimum Gasteiger partial charge on any atom is -0.390 e. The highest BCUT2D eigenvalue weighted by Gasteiger charge is 2.19. The molecule has 1 atom stereocenters. The van der Waals surface area contributed by atoms with Crippen LogP contribution in [0.25, 0.3) is 0 Å². The van der Waals surface area contributed by atoms with Crippen LogP contribution in [0, 0.1) is 0 Å². The van der Waals surface area contributed by atoms with E-state index >= 15 is 0 Å². The standard InChI is InChI=1S/C24H27N5O2/c30-22(17-29-11-8-19-5-1-2-6-21(19)16-29)15-28-24(31)20-7-10-26-23(12-20)27-14-18-4-3-9-25-13-18/h1-7,9-10,12-13,22,30H,8,11,14-17H2,(H,26,27)(H,28,31). The van der Waals surface area contributed by atoms with Gasteiger partial charge in [0, 0.05) is 56.9 Å². The Hall–Kier alpha value is -3.29. The predicted molar refractivity (Wildman–Crippen MR) is 120 cm³/mol. The fourth-order valence-electron chi connectivity index (χ4n) is 3.75. The molecule has 1 unspecified atom stereocenters. The Morgan fingerprint density at radius 1 is 1.13 bits per heavy atom. The van der Waals surface area contributed by atoms with Crippen LogP contribution in [-0.2, 0) is 19.5 Å². The molecule has 0 radical (unpaired) electrons. The summed E-state index contributed by atoms with van der Waals surface area (Å²) in [6, 6.07) is 15.6. The molecule has 3 aromatic rings. The van der Waals surface area contributed by atoms with Crippen LogP contribution in [-0.4, -0.2) is 51.6 Å². The number of β-amino-alcohol motifs (C(OH)–C–C–N with tert-alkyl or cyclic N) is 1. The highest BCUT2D eigenvalue weighted by Crippen LogP contribution is 2.18. The number of amides is 1. The molecule has 1 aliphatic rings. The maximum atomic E-state index is 12.5. The van der Waals surface area contributed by atoms with E-state index in [9.17, 15) is 9.90 Å². The van der Waals surface area contributed by atoms with Gasteiger partial charge >= 0.3 is 0 Å². The van der Waals surface area contributed by atoms with E-state index in [1.165, 1.54) is 11.1 Å². The minimum absolute atomic E-state index is 0.206. The number of carbonyl (C=O) groups excluding carboxylic acids is 1. The number of benzene rings is 1. The lowest BCUT2D eigenvalue weighted by molar-refractivity contribution is 0.0842. The van der Waals surface area contributed by atoms with Crippen LogP contribution in [0.2, 0.25) is 0 Å². The lowest BCUT2D eigenvalue weighted by Crippen LogP contribution is -2.42. The first kappa shape index (κ1) is 21.0. The monoisotopic (exact) mass is 417 g/mol. The van der Waals surface area contributed by atoms with Crippen molar-refractivity contribution in [3.63, 3.8) is 0 Å². The fourth-order valence-corrected chi connectivity index (χ4v) is 3.75. The molecular formula is C24H27N5O2. The number of nitrogens with one attached hydrogen (secondary N) is 2. The van der Waals surface area contributed by atoms with Gasteiger partial charge in [0.1, 0.15) is 5.82 Å². The Kier molecular flexibility index (Phi) is 6.86. The van der Waals surface area contributed by atoms with Gasteiger partial charge < -0.3 is 15.7 Å². The van der Waals surface area contributed by atoms with E-state index in [1.54, 1.807) is 30.7 Å². The zero-order chi connectivity index (χ0) is 21.5. The summed E-state index contributed by atoms with van der Waals surface area (Å²) < 4.78 is 0. The van der Waals surface area contributed by atoms with Gasteiger partial charge in [-0.1, -0.05) is 30.3 Å². The van der Waals surface area contributed by atoms with Gasteiger partial charge in [-0.15, -0.1) is 0 Å². The third-order valence-electron chi connectivity index (χ3n) is 5.40. The Labute approximate surface area is 182 Å². The number of aliphatic hydroxyl groups excluding tert-OH is 1. The topological polar surface area (TPSA) is 90.4 Å². The van der Waals surface area contributed by atoms with Crippen molar-refractivity contribution in [2.45, 2.75) is 25.6 Å². The molecule has 0 aliphatic carbocycles. The van der Waals surface area contributed by atoms with Crippen LogP contribution in [0.4, 0.5) is 5.82 Å². The van der Waals surface area contributed by atoms with E-state index in [4.69, 9.17) is 0 Å². The van der Waals surface area contributed by atoms with Gasteiger partial charge in [0.2, 0.25) is 0 Å². The number of pyridine rings is 2. The summed E-state index contributed by atoms with van der Waals surface area (Å²) in [6.45, 7) is 3.06. The summed E-state index contributed by atoms with van der Waals surface area (Å²) in [7, 11) is 0. The number of fused-ring (bicyclic) bond motifs is 1. The zero-order valence-electron chi connectivity index (χ0n) is 17.4. The van der Waals surface area contributed by atoms with E-state index in [1.807, 2.05) is 18.2 Å². The molecule has 3 N–H and O–H groups in total. The summed E-state index contributed by atoms with van der Waals surface area (Å²) >= 11 is 0. The van der Waals surface area contributed by atoms with Crippen LogP contribution >= 0.6 is 0 Å². The summed E-state index contributed by atoms with van der Waals surface area (Å²) in [5.41, 5.74) is 4.23. The van der Waals surface area contributed by atoms with Crippen LogP contribution in [0.5, 0.6) is 0 Å². The third kappa shape index (κ3) is 5.87. The number of rotatable bonds is 8. The average molecular weight is 418 g/mol. The molecule has 7 heteroatoms. The van der Waals surface area contributed by atoms with E-state index in [2.05, 4.69) is 43.7 Å². The van der Waals surface area contributed by atoms with Gasteiger partial charge in [-0.25, -0.2) is 4.98 Å². The molecule has 2 aromatic heterocycles. The molecule has 1 amide bonds. The first-order chi connectivity index (χ1) is 15.2. The second kappa shape index (κ2) is 10.1. The Morgan fingerprint density at radius 2 is 2.00 bits per heavy atom. The summed E-state index contributed by atoms with van der Waals surface area (Å²) in [5, 5.41) is 16.4. The third-order valence-corrected chi connectivity index (χ3v) is 5.40. The summed E-state index contributed by atoms with van der Waals surface area (Å²) in [5.74, 6) is 0.388.